The number of aliphatic carboxylic acids is 1. The summed E-state index contributed by atoms with van der Waals surface area (Å²) < 4.78 is 1.96. The fraction of sp³-hybridized carbons (Fsp3) is 0.500. The van der Waals surface area contributed by atoms with Gasteiger partial charge in [0, 0.05) is 12.5 Å². The molecule has 0 atom stereocenters. The topological polar surface area (TPSA) is 68.0 Å². The fourth-order valence-corrected chi connectivity index (χ4v) is 2.56. The number of aromatic nitrogens is 3. The summed E-state index contributed by atoms with van der Waals surface area (Å²) in [7, 11) is 0. The molecule has 102 valence electrons. The van der Waals surface area contributed by atoms with Crippen LogP contribution in [0.2, 0.25) is 0 Å². The second-order valence-corrected chi connectivity index (χ2v) is 4.82. The Balaban J connectivity index is 2.27. The summed E-state index contributed by atoms with van der Waals surface area (Å²) in [6.07, 6.45) is 11.0. The van der Waals surface area contributed by atoms with Gasteiger partial charge < -0.3 is 5.11 Å². The highest BCUT2D eigenvalue weighted by atomic mass is 16.4. The third kappa shape index (κ3) is 3.30. The van der Waals surface area contributed by atoms with Crippen LogP contribution in [-0.2, 0) is 11.2 Å². The third-order valence-corrected chi connectivity index (χ3v) is 3.46. The molecule has 1 aliphatic rings. The van der Waals surface area contributed by atoms with E-state index >= 15 is 0 Å². The van der Waals surface area contributed by atoms with Gasteiger partial charge in [0.15, 0.2) is 0 Å². The van der Waals surface area contributed by atoms with E-state index in [-0.39, 0.29) is 0 Å². The molecule has 1 heterocycles. The van der Waals surface area contributed by atoms with Gasteiger partial charge in [-0.25, -0.2) is 9.48 Å². The van der Waals surface area contributed by atoms with Gasteiger partial charge in [-0.2, -0.15) is 0 Å². The van der Waals surface area contributed by atoms with Crippen LogP contribution in [-0.4, -0.2) is 26.1 Å². The van der Waals surface area contributed by atoms with E-state index in [0.717, 1.165) is 24.6 Å². The lowest BCUT2D eigenvalue weighted by atomic mass is 9.95. The van der Waals surface area contributed by atoms with Crippen molar-refractivity contribution in [3.8, 4) is 0 Å². The maximum absolute atomic E-state index is 10.6. The molecule has 0 spiro atoms. The molecular weight excluding hydrogens is 242 g/mol. The van der Waals surface area contributed by atoms with E-state index in [0.29, 0.717) is 18.2 Å². The van der Waals surface area contributed by atoms with E-state index in [1.54, 1.807) is 6.08 Å². The molecule has 2 rings (SSSR count). The molecule has 0 bridgehead atoms. The molecule has 0 unspecified atom stereocenters. The van der Waals surface area contributed by atoms with E-state index in [4.69, 9.17) is 5.11 Å². The van der Waals surface area contributed by atoms with E-state index in [1.165, 1.54) is 25.3 Å². The molecule has 1 N–H and O–H groups in total. The summed E-state index contributed by atoms with van der Waals surface area (Å²) in [5, 5.41) is 17.0. The van der Waals surface area contributed by atoms with E-state index < -0.39 is 5.97 Å². The van der Waals surface area contributed by atoms with Gasteiger partial charge in [-0.3, -0.25) is 0 Å². The van der Waals surface area contributed by atoms with Gasteiger partial charge in [0.1, 0.15) is 5.69 Å². The zero-order chi connectivity index (χ0) is 13.7. The average molecular weight is 261 g/mol. The highest BCUT2D eigenvalue weighted by Crippen LogP contribution is 2.29. The Morgan fingerprint density at radius 2 is 2.16 bits per heavy atom. The Bertz CT molecular complexity index is 485. The number of carboxylic acids is 1. The third-order valence-electron chi connectivity index (χ3n) is 3.46. The average Bonchev–Trinajstić information content (AvgIpc) is 2.81. The first-order chi connectivity index (χ1) is 9.22. The minimum Gasteiger partial charge on any atom is -0.478 e. The van der Waals surface area contributed by atoms with Crippen molar-refractivity contribution in [1.82, 2.24) is 15.0 Å². The smallest absolute Gasteiger partial charge is 0.328 e. The van der Waals surface area contributed by atoms with Crippen LogP contribution in [0, 0.1) is 0 Å². The quantitative estimate of drug-likeness (QED) is 0.653. The molecule has 0 aliphatic heterocycles. The molecule has 0 radical (unpaired) electrons. The molecule has 0 amide bonds. The maximum atomic E-state index is 10.6. The predicted octanol–water partition coefficient (Wildman–Crippen LogP) is 2.61. The van der Waals surface area contributed by atoms with Crippen LogP contribution in [0.1, 0.15) is 49.5 Å². The summed E-state index contributed by atoms with van der Waals surface area (Å²) in [5.41, 5.74) is 1.59. The van der Waals surface area contributed by atoms with Crippen molar-refractivity contribution in [2.75, 3.05) is 0 Å². The van der Waals surface area contributed by atoms with Crippen molar-refractivity contribution >= 4 is 12.0 Å². The zero-order valence-corrected chi connectivity index (χ0v) is 11.0. The first-order valence-electron chi connectivity index (χ1n) is 6.68. The van der Waals surface area contributed by atoms with Crippen LogP contribution in [0.5, 0.6) is 0 Å². The molecule has 1 aliphatic carbocycles. The Labute approximate surface area is 112 Å². The highest BCUT2D eigenvalue weighted by Gasteiger charge is 2.20. The predicted molar refractivity (Wildman–Crippen MR) is 72.7 cm³/mol. The summed E-state index contributed by atoms with van der Waals surface area (Å²) >= 11 is 0. The first kappa shape index (κ1) is 13.5. The van der Waals surface area contributed by atoms with Crippen molar-refractivity contribution in [2.24, 2.45) is 0 Å². The van der Waals surface area contributed by atoms with Gasteiger partial charge in [0.2, 0.25) is 0 Å². The van der Waals surface area contributed by atoms with Gasteiger partial charge >= 0.3 is 5.97 Å². The number of nitrogens with zero attached hydrogens (tertiary/aromatic N) is 3. The maximum Gasteiger partial charge on any atom is 0.328 e. The van der Waals surface area contributed by atoms with Gasteiger partial charge in [0.25, 0.3) is 0 Å². The second-order valence-electron chi connectivity index (χ2n) is 4.82. The Kier molecular flexibility index (Phi) is 4.49. The summed E-state index contributed by atoms with van der Waals surface area (Å²) in [6, 6.07) is 0.392. The molecular formula is C14H19N3O2. The lowest BCUT2D eigenvalue weighted by Crippen LogP contribution is -2.16. The molecule has 5 heteroatoms. The molecule has 0 saturated heterocycles. The molecule has 0 aromatic carbocycles. The second kappa shape index (κ2) is 6.31. The van der Waals surface area contributed by atoms with E-state index in [2.05, 4.69) is 16.9 Å². The largest absolute Gasteiger partial charge is 0.478 e. The minimum atomic E-state index is -0.975. The number of hydrogen-bond donors (Lipinski definition) is 1. The van der Waals surface area contributed by atoms with Gasteiger partial charge in [0.05, 0.1) is 11.7 Å². The normalized spacial score (nSPS) is 16.8. The van der Waals surface area contributed by atoms with Crippen LogP contribution in [0.4, 0.5) is 0 Å². The number of carboxylic acid groups (broad SMARTS) is 1. The molecule has 1 aromatic rings. The summed E-state index contributed by atoms with van der Waals surface area (Å²) in [4.78, 5) is 10.6. The van der Waals surface area contributed by atoms with Crippen molar-refractivity contribution in [3.05, 3.63) is 30.1 Å². The monoisotopic (exact) mass is 261 g/mol. The number of hydrogen-bond acceptors (Lipinski definition) is 3. The molecule has 5 nitrogen and oxygen atoms in total. The number of carbonyl (C=O) groups is 1. The van der Waals surface area contributed by atoms with Crippen LogP contribution in [0.25, 0.3) is 6.08 Å². The van der Waals surface area contributed by atoms with Crippen LogP contribution in [0.3, 0.4) is 0 Å². The Hall–Kier alpha value is -1.91. The Morgan fingerprint density at radius 1 is 1.42 bits per heavy atom. The number of allylic oxidation sites excluding steroid dienone is 1. The lowest BCUT2D eigenvalue weighted by Gasteiger charge is -2.23. The van der Waals surface area contributed by atoms with Gasteiger partial charge in [-0.1, -0.05) is 30.6 Å². The van der Waals surface area contributed by atoms with Gasteiger partial charge in [-0.15, -0.1) is 11.7 Å². The van der Waals surface area contributed by atoms with Crippen molar-refractivity contribution in [1.29, 1.82) is 0 Å². The van der Waals surface area contributed by atoms with Crippen LogP contribution < -0.4 is 0 Å². The van der Waals surface area contributed by atoms with Crippen molar-refractivity contribution in [2.45, 2.75) is 44.6 Å². The Morgan fingerprint density at radius 3 is 2.79 bits per heavy atom. The highest BCUT2D eigenvalue weighted by molar-refractivity contribution is 5.85. The van der Waals surface area contributed by atoms with Crippen LogP contribution in [0.15, 0.2) is 18.7 Å². The molecule has 19 heavy (non-hydrogen) atoms. The molecule has 1 aromatic heterocycles. The zero-order valence-electron chi connectivity index (χ0n) is 11.0. The van der Waals surface area contributed by atoms with Crippen molar-refractivity contribution in [3.63, 3.8) is 0 Å². The summed E-state index contributed by atoms with van der Waals surface area (Å²) in [6.45, 7) is 3.75. The van der Waals surface area contributed by atoms with Gasteiger partial charge in [-0.05, 0) is 18.9 Å². The summed E-state index contributed by atoms with van der Waals surface area (Å²) in [5.74, 6) is -0.975. The molecule has 1 saturated carbocycles. The first-order valence-corrected chi connectivity index (χ1v) is 6.68. The molecule has 1 fully saturated rings. The SMILES string of the molecule is C=CCc1c(C=CC(=O)O)nnn1C1CCCCC1. The lowest BCUT2D eigenvalue weighted by molar-refractivity contribution is -0.131. The van der Waals surface area contributed by atoms with E-state index in [1.807, 2.05) is 4.68 Å². The minimum absolute atomic E-state index is 0.392. The van der Waals surface area contributed by atoms with Crippen molar-refractivity contribution < 1.29 is 9.90 Å². The standard InChI is InChI=1S/C14H19N3O2/c1-2-6-13-12(9-10-14(18)19)15-16-17(13)11-7-4-3-5-8-11/h2,9-11H,1,3-8H2,(H,18,19). The number of rotatable bonds is 5. The van der Waals surface area contributed by atoms with E-state index in [9.17, 15) is 4.79 Å². The fourth-order valence-electron chi connectivity index (χ4n) is 2.56. The van der Waals surface area contributed by atoms with Crippen LogP contribution >= 0.6 is 0 Å².